The maximum Gasteiger partial charge on any atom is 0.406 e. The summed E-state index contributed by atoms with van der Waals surface area (Å²) in [6.07, 6.45) is -3.11. The van der Waals surface area contributed by atoms with E-state index in [-0.39, 0.29) is 30.7 Å². The van der Waals surface area contributed by atoms with Crippen LogP contribution in [0.5, 0.6) is 0 Å². The Kier molecular flexibility index (Phi) is 2.65. The summed E-state index contributed by atoms with van der Waals surface area (Å²) in [6.45, 7) is -0.169. The molecule has 2 N–H and O–H groups in total. The van der Waals surface area contributed by atoms with E-state index in [1.165, 1.54) is 6.07 Å². The fourth-order valence-electron chi connectivity index (χ4n) is 1.61. The van der Waals surface area contributed by atoms with E-state index in [1.54, 1.807) is 0 Å². The van der Waals surface area contributed by atoms with Crippen LogP contribution in [0.15, 0.2) is 16.7 Å². The summed E-state index contributed by atoms with van der Waals surface area (Å²) < 4.78 is 42.4. The number of rotatable bonds is 4. The van der Waals surface area contributed by atoms with Crippen LogP contribution >= 0.6 is 0 Å². The van der Waals surface area contributed by atoms with Gasteiger partial charge in [0.15, 0.2) is 0 Å². The molecule has 0 unspecified atom stereocenters. The smallest absolute Gasteiger partial charge is 0.406 e. The number of aromatic carboxylic acids is 1. The number of carboxylic acid groups (broad SMARTS) is 1. The molecule has 1 saturated carbocycles. The Hall–Kier alpha value is -1.50. The number of nitrogens with one attached hydrogen (secondary N) is 1. The quantitative estimate of drug-likeness (QED) is 0.858. The van der Waals surface area contributed by atoms with Crippen molar-refractivity contribution >= 4 is 5.97 Å². The van der Waals surface area contributed by atoms with Gasteiger partial charge in [-0.25, -0.2) is 4.79 Å². The first kappa shape index (κ1) is 12.0. The third-order valence-electron chi connectivity index (χ3n) is 2.85. The molecule has 7 heteroatoms. The fraction of sp³-hybridized carbons (Fsp3) is 0.500. The number of alkyl halides is 3. The molecule has 17 heavy (non-hydrogen) atoms. The third kappa shape index (κ3) is 2.14. The van der Waals surface area contributed by atoms with Crippen molar-refractivity contribution in [2.75, 3.05) is 0 Å². The minimum absolute atomic E-state index is 0.0246. The second-order valence-corrected chi connectivity index (χ2v) is 4.01. The fourth-order valence-corrected chi connectivity index (χ4v) is 1.61. The molecule has 0 aliphatic heterocycles. The Morgan fingerprint density at radius 1 is 1.53 bits per heavy atom. The molecule has 2 rings (SSSR count). The molecular formula is C10H10F3NO3. The number of carboxylic acids is 1. The third-order valence-corrected chi connectivity index (χ3v) is 2.85. The zero-order valence-corrected chi connectivity index (χ0v) is 8.67. The van der Waals surface area contributed by atoms with E-state index in [2.05, 4.69) is 9.73 Å². The highest BCUT2D eigenvalue weighted by Gasteiger charge is 2.63. The summed E-state index contributed by atoms with van der Waals surface area (Å²) in [5.74, 6) is -1.61. The molecule has 4 nitrogen and oxygen atoms in total. The zero-order valence-electron chi connectivity index (χ0n) is 8.67. The van der Waals surface area contributed by atoms with Crippen LogP contribution in [0.4, 0.5) is 13.2 Å². The Morgan fingerprint density at radius 3 is 2.65 bits per heavy atom. The van der Waals surface area contributed by atoms with Crippen LogP contribution in [-0.4, -0.2) is 22.8 Å². The van der Waals surface area contributed by atoms with Crippen molar-refractivity contribution in [1.29, 1.82) is 0 Å². The lowest BCUT2D eigenvalue weighted by atomic mass is 10.2. The van der Waals surface area contributed by atoms with Crippen LogP contribution < -0.4 is 5.32 Å². The molecule has 1 heterocycles. The monoisotopic (exact) mass is 249 g/mol. The average molecular weight is 249 g/mol. The SMILES string of the molecule is O=C(O)c1occc1CNC1(C(F)(F)F)CC1. The van der Waals surface area contributed by atoms with Gasteiger partial charge in [0, 0.05) is 12.1 Å². The van der Waals surface area contributed by atoms with Gasteiger partial charge in [0.1, 0.15) is 5.54 Å². The Morgan fingerprint density at radius 2 is 2.18 bits per heavy atom. The van der Waals surface area contributed by atoms with Gasteiger partial charge in [0.25, 0.3) is 0 Å². The molecule has 0 atom stereocenters. The van der Waals surface area contributed by atoms with E-state index in [9.17, 15) is 18.0 Å². The van der Waals surface area contributed by atoms with E-state index < -0.39 is 17.7 Å². The van der Waals surface area contributed by atoms with Gasteiger partial charge in [-0.1, -0.05) is 0 Å². The van der Waals surface area contributed by atoms with Gasteiger partial charge in [0.2, 0.25) is 5.76 Å². The van der Waals surface area contributed by atoms with Gasteiger partial charge in [-0.2, -0.15) is 13.2 Å². The van der Waals surface area contributed by atoms with Crippen LogP contribution in [-0.2, 0) is 6.54 Å². The topological polar surface area (TPSA) is 62.5 Å². The van der Waals surface area contributed by atoms with Crippen LogP contribution in [0.25, 0.3) is 0 Å². The van der Waals surface area contributed by atoms with Crippen molar-refractivity contribution in [2.45, 2.75) is 31.1 Å². The number of hydrogen-bond donors (Lipinski definition) is 2. The summed E-state index contributed by atoms with van der Waals surface area (Å²) >= 11 is 0. The number of carbonyl (C=O) groups is 1. The molecular weight excluding hydrogens is 239 g/mol. The molecule has 1 fully saturated rings. The number of furan rings is 1. The first-order valence-electron chi connectivity index (χ1n) is 4.97. The average Bonchev–Trinajstić information content (AvgIpc) is 2.86. The van der Waals surface area contributed by atoms with Gasteiger partial charge in [-0.05, 0) is 18.9 Å². The summed E-state index contributed by atoms with van der Waals surface area (Å²) in [5.41, 5.74) is -1.63. The van der Waals surface area contributed by atoms with E-state index in [1.807, 2.05) is 0 Å². The Labute approximate surface area is 94.4 Å². The molecule has 0 spiro atoms. The minimum Gasteiger partial charge on any atom is -0.475 e. The van der Waals surface area contributed by atoms with Crippen LogP contribution in [0, 0.1) is 0 Å². The summed E-state index contributed by atoms with van der Waals surface area (Å²) in [7, 11) is 0. The molecule has 94 valence electrons. The van der Waals surface area contributed by atoms with Crippen LogP contribution in [0.1, 0.15) is 29.0 Å². The Balaban J connectivity index is 2.04. The van der Waals surface area contributed by atoms with Gasteiger partial charge < -0.3 is 9.52 Å². The van der Waals surface area contributed by atoms with Gasteiger partial charge in [0.05, 0.1) is 6.26 Å². The van der Waals surface area contributed by atoms with E-state index >= 15 is 0 Å². The predicted octanol–water partition coefficient (Wildman–Crippen LogP) is 2.16. The summed E-state index contributed by atoms with van der Waals surface area (Å²) in [5, 5.41) is 11.1. The highest BCUT2D eigenvalue weighted by Crippen LogP contribution is 2.49. The Bertz CT molecular complexity index is 434. The van der Waals surface area contributed by atoms with Crippen LogP contribution in [0.3, 0.4) is 0 Å². The highest BCUT2D eigenvalue weighted by molar-refractivity contribution is 5.86. The summed E-state index contributed by atoms with van der Waals surface area (Å²) in [6, 6.07) is 1.35. The lowest BCUT2D eigenvalue weighted by Gasteiger charge is -2.20. The van der Waals surface area contributed by atoms with Gasteiger partial charge in [-0.15, -0.1) is 0 Å². The van der Waals surface area contributed by atoms with Crippen molar-refractivity contribution < 1.29 is 27.5 Å². The minimum atomic E-state index is -4.31. The molecule has 1 aliphatic rings. The molecule has 1 aromatic rings. The maximum atomic E-state index is 12.6. The molecule has 0 saturated heterocycles. The molecule has 1 aromatic heterocycles. The normalized spacial score (nSPS) is 18.1. The second kappa shape index (κ2) is 3.76. The van der Waals surface area contributed by atoms with Crippen molar-refractivity contribution in [3.05, 3.63) is 23.7 Å². The molecule has 1 aliphatic carbocycles. The lowest BCUT2D eigenvalue weighted by molar-refractivity contribution is -0.166. The first-order chi connectivity index (χ1) is 7.86. The second-order valence-electron chi connectivity index (χ2n) is 4.01. The van der Waals surface area contributed by atoms with Crippen molar-refractivity contribution in [2.24, 2.45) is 0 Å². The predicted molar refractivity (Wildman–Crippen MR) is 50.5 cm³/mol. The highest BCUT2D eigenvalue weighted by atomic mass is 19.4. The van der Waals surface area contributed by atoms with Crippen molar-refractivity contribution in [3.63, 3.8) is 0 Å². The summed E-state index contributed by atoms with van der Waals surface area (Å²) in [4.78, 5) is 10.7. The van der Waals surface area contributed by atoms with Gasteiger partial charge >= 0.3 is 12.1 Å². The number of hydrogen-bond acceptors (Lipinski definition) is 3. The standard InChI is InChI=1S/C10H10F3NO3/c11-10(12,13)9(2-3-9)14-5-6-1-4-17-7(6)8(15)16/h1,4,14H,2-3,5H2,(H,15,16). The van der Waals surface area contributed by atoms with E-state index in [0.29, 0.717) is 0 Å². The zero-order chi connectivity index (χ0) is 12.7. The van der Waals surface area contributed by atoms with Crippen LogP contribution in [0.2, 0.25) is 0 Å². The van der Waals surface area contributed by atoms with Crippen molar-refractivity contribution in [3.8, 4) is 0 Å². The largest absolute Gasteiger partial charge is 0.475 e. The lowest BCUT2D eigenvalue weighted by Crippen LogP contribution is -2.44. The van der Waals surface area contributed by atoms with Crippen molar-refractivity contribution in [1.82, 2.24) is 5.32 Å². The van der Waals surface area contributed by atoms with E-state index in [4.69, 9.17) is 5.11 Å². The molecule has 0 amide bonds. The molecule has 0 aromatic carbocycles. The molecule has 0 bridgehead atoms. The number of halogens is 3. The first-order valence-corrected chi connectivity index (χ1v) is 4.97. The molecule has 0 radical (unpaired) electrons. The van der Waals surface area contributed by atoms with Gasteiger partial charge in [-0.3, -0.25) is 5.32 Å². The van der Waals surface area contributed by atoms with E-state index in [0.717, 1.165) is 6.26 Å². The maximum absolute atomic E-state index is 12.6.